The molecule has 30 heavy (non-hydrogen) atoms. The third-order valence-corrected chi connectivity index (χ3v) is 7.47. The third kappa shape index (κ3) is 4.76. The molecule has 0 aromatic heterocycles. The molecule has 2 aromatic carbocycles. The van der Waals surface area contributed by atoms with Gasteiger partial charge in [-0.05, 0) is 80.8 Å². The monoisotopic (exact) mass is 423 g/mol. The van der Waals surface area contributed by atoms with Crippen molar-refractivity contribution >= 4 is 16.9 Å². The molecule has 0 unspecified atom stereocenters. The summed E-state index contributed by atoms with van der Waals surface area (Å²) in [5, 5.41) is 0.163. The van der Waals surface area contributed by atoms with E-state index in [9.17, 15) is 4.79 Å². The molecule has 0 aliphatic carbocycles. The fourth-order valence-electron chi connectivity index (χ4n) is 4.62. The molecule has 3 nitrogen and oxygen atoms in total. The second-order valence-corrected chi connectivity index (χ2v) is 10.9. The molecule has 0 N–H and O–H groups in total. The molecule has 4 rings (SSSR count). The van der Waals surface area contributed by atoms with Crippen LogP contribution < -0.4 is 4.74 Å². The molecule has 0 saturated carbocycles. The van der Waals surface area contributed by atoms with E-state index >= 15 is 0 Å². The van der Waals surface area contributed by atoms with Gasteiger partial charge in [-0.15, -0.1) is 0 Å². The number of rotatable bonds is 3. The zero-order chi connectivity index (χ0) is 21.4. The summed E-state index contributed by atoms with van der Waals surface area (Å²) in [5.74, 6) is 1.81. The van der Waals surface area contributed by atoms with Crippen LogP contribution in [-0.2, 0) is 17.0 Å². The zero-order valence-corrected chi connectivity index (χ0v) is 19.5. The van der Waals surface area contributed by atoms with E-state index in [1.807, 2.05) is 0 Å². The Kier molecular flexibility index (Phi) is 6.00. The zero-order valence-electron chi connectivity index (χ0n) is 18.7. The Balaban J connectivity index is 1.44. The lowest BCUT2D eigenvalue weighted by molar-refractivity contribution is -0.109. The molecule has 1 saturated heterocycles. The summed E-state index contributed by atoms with van der Waals surface area (Å²) in [4.78, 5) is 13.7. The smallest absolute Gasteiger partial charge is 0.186 e. The van der Waals surface area contributed by atoms with E-state index in [1.165, 1.54) is 34.0 Å². The van der Waals surface area contributed by atoms with Crippen LogP contribution in [0.2, 0.25) is 0 Å². The highest BCUT2D eigenvalue weighted by molar-refractivity contribution is 8.12. The summed E-state index contributed by atoms with van der Waals surface area (Å²) < 4.78 is 6.62. The van der Waals surface area contributed by atoms with Crippen LogP contribution >= 0.6 is 11.8 Å². The molecule has 1 fully saturated rings. The molecule has 2 aliphatic heterocycles. The molecule has 0 radical (unpaired) electrons. The normalized spacial score (nSPS) is 18.7. The van der Waals surface area contributed by atoms with Crippen molar-refractivity contribution < 1.29 is 9.53 Å². The van der Waals surface area contributed by atoms with Gasteiger partial charge in [0.1, 0.15) is 11.4 Å². The highest BCUT2D eigenvalue weighted by atomic mass is 32.2. The average molecular weight is 424 g/mol. The van der Waals surface area contributed by atoms with Gasteiger partial charge in [-0.1, -0.05) is 42.1 Å². The second kappa shape index (κ2) is 8.39. The van der Waals surface area contributed by atoms with Gasteiger partial charge >= 0.3 is 0 Å². The molecule has 2 heterocycles. The van der Waals surface area contributed by atoms with Gasteiger partial charge in [-0.2, -0.15) is 0 Å². The molecule has 2 aliphatic rings. The summed E-state index contributed by atoms with van der Waals surface area (Å²) in [6.45, 7) is 10.8. The Hall–Kier alpha value is -1.78. The third-order valence-electron chi connectivity index (χ3n) is 6.59. The molecule has 2 aromatic rings. The van der Waals surface area contributed by atoms with E-state index < -0.39 is 0 Å². The molecule has 160 valence electrons. The van der Waals surface area contributed by atoms with Crippen LogP contribution in [0.1, 0.15) is 58.1 Å². The number of nitrogens with zero attached hydrogens (tertiary/aromatic N) is 1. The topological polar surface area (TPSA) is 29.5 Å². The van der Waals surface area contributed by atoms with Crippen molar-refractivity contribution in [3.63, 3.8) is 0 Å². The van der Waals surface area contributed by atoms with Crippen molar-refractivity contribution in [2.75, 3.05) is 13.1 Å². The van der Waals surface area contributed by atoms with Gasteiger partial charge in [-0.3, -0.25) is 9.69 Å². The van der Waals surface area contributed by atoms with Gasteiger partial charge in [0.2, 0.25) is 0 Å². The van der Waals surface area contributed by atoms with Gasteiger partial charge in [0.25, 0.3) is 0 Å². The van der Waals surface area contributed by atoms with Gasteiger partial charge in [0, 0.05) is 31.3 Å². The summed E-state index contributed by atoms with van der Waals surface area (Å²) in [7, 11) is 0. The lowest BCUT2D eigenvalue weighted by atomic mass is 9.81. The SMILES string of the molecule is CC(=O)SCc1ccc(-c2ccc3c(c2)CCC2(CCN(C(C)(C)C)CC2)O3)cc1. The van der Waals surface area contributed by atoms with Crippen molar-refractivity contribution in [3.05, 3.63) is 53.6 Å². The minimum atomic E-state index is 0.0201. The van der Waals surface area contributed by atoms with Crippen molar-refractivity contribution in [1.82, 2.24) is 4.90 Å². The van der Waals surface area contributed by atoms with Crippen LogP contribution in [0.4, 0.5) is 0 Å². The van der Waals surface area contributed by atoms with Gasteiger partial charge in [-0.25, -0.2) is 0 Å². The predicted molar refractivity (Wildman–Crippen MR) is 126 cm³/mol. The van der Waals surface area contributed by atoms with E-state index in [0.29, 0.717) is 0 Å². The largest absolute Gasteiger partial charge is 0.487 e. The maximum absolute atomic E-state index is 11.2. The molecule has 0 atom stereocenters. The summed E-state index contributed by atoms with van der Waals surface area (Å²) in [6, 6.07) is 15.2. The highest BCUT2D eigenvalue weighted by Gasteiger charge is 2.41. The average Bonchev–Trinajstić information content (AvgIpc) is 2.72. The van der Waals surface area contributed by atoms with Gasteiger partial charge in [0.05, 0.1) is 0 Å². The minimum Gasteiger partial charge on any atom is -0.487 e. The van der Waals surface area contributed by atoms with Crippen LogP contribution in [0.5, 0.6) is 5.75 Å². The number of fused-ring (bicyclic) bond motifs is 1. The number of piperidine rings is 1. The number of hydrogen-bond donors (Lipinski definition) is 0. The first-order valence-electron chi connectivity index (χ1n) is 11.0. The van der Waals surface area contributed by atoms with Crippen molar-refractivity contribution in [3.8, 4) is 16.9 Å². The van der Waals surface area contributed by atoms with Crippen molar-refractivity contribution in [2.45, 2.75) is 70.3 Å². The summed E-state index contributed by atoms with van der Waals surface area (Å²) in [5.41, 5.74) is 5.22. The molecule has 0 amide bonds. The Morgan fingerprint density at radius 3 is 2.33 bits per heavy atom. The number of likely N-dealkylation sites (tertiary alicyclic amines) is 1. The molecule has 0 bridgehead atoms. The van der Waals surface area contributed by atoms with Crippen molar-refractivity contribution in [2.24, 2.45) is 0 Å². The number of benzene rings is 2. The standard InChI is InChI=1S/C26H33NO2S/c1-19(28)30-18-20-5-7-21(8-6-20)22-9-10-24-23(17-22)11-12-26(29-24)13-15-27(16-14-26)25(2,3)4/h5-10,17H,11-16,18H2,1-4H3. The van der Waals surface area contributed by atoms with Crippen LogP contribution in [-0.4, -0.2) is 34.2 Å². The van der Waals surface area contributed by atoms with Gasteiger partial charge in [0.15, 0.2) is 5.12 Å². The number of carbonyl (C=O) groups excluding carboxylic acids is 1. The van der Waals surface area contributed by atoms with Crippen LogP contribution in [0, 0.1) is 0 Å². The Morgan fingerprint density at radius 2 is 1.70 bits per heavy atom. The van der Waals surface area contributed by atoms with E-state index in [4.69, 9.17) is 4.74 Å². The molecule has 4 heteroatoms. The van der Waals surface area contributed by atoms with Crippen molar-refractivity contribution in [1.29, 1.82) is 0 Å². The highest BCUT2D eigenvalue weighted by Crippen LogP contribution is 2.41. The van der Waals surface area contributed by atoms with E-state index in [0.717, 1.165) is 50.3 Å². The molecular formula is C26H33NO2S. The molecular weight excluding hydrogens is 390 g/mol. The fourth-order valence-corrected chi connectivity index (χ4v) is 5.18. The summed E-state index contributed by atoms with van der Waals surface area (Å²) in [6.07, 6.45) is 4.44. The number of carbonyl (C=O) groups is 1. The van der Waals surface area contributed by atoms with Gasteiger partial charge < -0.3 is 4.74 Å². The maximum atomic E-state index is 11.2. The minimum absolute atomic E-state index is 0.0201. The number of thioether (sulfide) groups is 1. The Labute approximate surface area is 185 Å². The van der Waals surface area contributed by atoms with E-state index in [-0.39, 0.29) is 16.3 Å². The first-order chi connectivity index (χ1) is 14.2. The number of hydrogen-bond acceptors (Lipinski definition) is 4. The first-order valence-corrected chi connectivity index (χ1v) is 12.0. The van der Waals surface area contributed by atoms with Crippen LogP contribution in [0.3, 0.4) is 0 Å². The van der Waals surface area contributed by atoms with E-state index in [1.54, 1.807) is 6.92 Å². The fraction of sp³-hybridized carbons (Fsp3) is 0.500. The quantitative estimate of drug-likeness (QED) is 0.597. The Morgan fingerprint density at radius 1 is 1.03 bits per heavy atom. The summed E-state index contributed by atoms with van der Waals surface area (Å²) >= 11 is 1.36. The number of aryl methyl sites for hydroxylation is 1. The van der Waals surface area contributed by atoms with E-state index in [2.05, 4.69) is 68.1 Å². The number of ether oxygens (including phenoxy) is 1. The predicted octanol–water partition coefficient (Wildman–Crippen LogP) is 6.09. The lowest BCUT2D eigenvalue weighted by Gasteiger charge is -2.48. The van der Waals surface area contributed by atoms with Crippen LogP contribution in [0.25, 0.3) is 11.1 Å². The lowest BCUT2D eigenvalue weighted by Crippen LogP contribution is -2.54. The maximum Gasteiger partial charge on any atom is 0.186 e. The molecule has 1 spiro atoms. The Bertz CT molecular complexity index is 906. The van der Waals surface area contributed by atoms with Crippen LogP contribution in [0.15, 0.2) is 42.5 Å². The first kappa shape index (κ1) is 21.5. The second-order valence-electron chi connectivity index (χ2n) is 9.74.